The number of amides is 1. The van der Waals surface area contributed by atoms with Gasteiger partial charge >= 0.3 is 0 Å². The second-order valence-electron chi connectivity index (χ2n) is 5.59. The van der Waals surface area contributed by atoms with Crippen molar-refractivity contribution in [3.63, 3.8) is 0 Å². The number of hydrogen-bond acceptors (Lipinski definition) is 4. The topological polar surface area (TPSA) is 53.6 Å². The van der Waals surface area contributed by atoms with Gasteiger partial charge in [-0.3, -0.25) is 9.69 Å². The summed E-state index contributed by atoms with van der Waals surface area (Å²) in [6.07, 6.45) is 1.11. The molecule has 2 N–H and O–H groups in total. The monoisotopic (exact) mass is 377 g/mol. The third-order valence-electron chi connectivity index (χ3n) is 3.71. The molecule has 1 saturated heterocycles. The number of nitrogens with one attached hydrogen (secondary N) is 2. The maximum Gasteiger partial charge on any atom is 0.251 e. The van der Waals surface area contributed by atoms with Gasteiger partial charge in [0.2, 0.25) is 0 Å². The molecule has 1 heterocycles. The summed E-state index contributed by atoms with van der Waals surface area (Å²) in [6.45, 7) is 8.98. The standard InChI is InChI=1S/C17H27N3O2.2ClH/c1-2-6-18-7-8-19-17(21)16-5-3-4-15(13-16)14-20-9-11-22-12-10-20;;/h3-5,13,18H,2,6-12,14H2,1H3,(H,19,21);2*1H. The van der Waals surface area contributed by atoms with Crippen molar-refractivity contribution in [3.8, 4) is 0 Å². The maximum atomic E-state index is 12.1. The molecule has 0 spiro atoms. The van der Waals surface area contributed by atoms with E-state index < -0.39 is 0 Å². The molecule has 1 amide bonds. The summed E-state index contributed by atoms with van der Waals surface area (Å²) < 4.78 is 5.36. The molecule has 0 aliphatic carbocycles. The average molecular weight is 378 g/mol. The number of hydrogen-bond donors (Lipinski definition) is 2. The molecular formula is C17H29Cl2N3O2. The molecular weight excluding hydrogens is 349 g/mol. The third-order valence-corrected chi connectivity index (χ3v) is 3.71. The highest BCUT2D eigenvalue weighted by Gasteiger charge is 2.12. The van der Waals surface area contributed by atoms with E-state index in [9.17, 15) is 4.79 Å². The highest BCUT2D eigenvalue weighted by Crippen LogP contribution is 2.10. The van der Waals surface area contributed by atoms with Crippen LogP contribution >= 0.6 is 24.8 Å². The van der Waals surface area contributed by atoms with Crippen LogP contribution in [0.5, 0.6) is 0 Å². The van der Waals surface area contributed by atoms with Crippen molar-refractivity contribution in [1.29, 1.82) is 0 Å². The number of halogens is 2. The number of benzene rings is 1. The molecule has 138 valence electrons. The Balaban J connectivity index is 0.00000264. The second-order valence-corrected chi connectivity index (χ2v) is 5.59. The molecule has 1 aliphatic rings. The second kappa shape index (κ2) is 13.4. The minimum absolute atomic E-state index is 0. The van der Waals surface area contributed by atoms with Crippen LogP contribution in [-0.2, 0) is 11.3 Å². The van der Waals surface area contributed by atoms with Crippen molar-refractivity contribution in [2.45, 2.75) is 19.9 Å². The molecule has 0 radical (unpaired) electrons. The molecule has 1 fully saturated rings. The third kappa shape index (κ3) is 8.31. The number of carbonyl (C=O) groups is 1. The lowest BCUT2D eigenvalue weighted by Crippen LogP contribution is -2.35. The van der Waals surface area contributed by atoms with Crippen LogP contribution in [0.15, 0.2) is 24.3 Å². The van der Waals surface area contributed by atoms with Crippen molar-refractivity contribution in [2.24, 2.45) is 0 Å². The van der Waals surface area contributed by atoms with Gasteiger partial charge in [0.1, 0.15) is 0 Å². The van der Waals surface area contributed by atoms with Crippen LogP contribution in [0.4, 0.5) is 0 Å². The van der Waals surface area contributed by atoms with E-state index in [-0.39, 0.29) is 30.7 Å². The number of ether oxygens (including phenoxy) is 1. The molecule has 0 aromatic heterocycles. The van der Waals surface area contributed by atoms with Gasteiger partial charge in [-0.05, 0) is 30.7 Å². The van der Waals surface area contributed by atoms with Gasteiger partial charge in [0, 0.05) is 38.3 Å². The summed E-state index contributed by atoms with van der Waals surface area (Å²) in [5, 5.41) is 6.23. The Morgan fingerprint density at radius 1 is 1.17 bits per heavy atom. The SMILES string of the molecule is CCCNCCNC(=O)c1cccc(CN2CCOCC2)c1.Cl.Cl. The fourth-order valence-electron chi connectivity index (χ4n) is 2.50. The average Bonchev–Trinajstić information content (AvgIpc) is 2.56. The van der Waals surface area contributed by atoms with Crippen LogP contribution in [0.2, 0.25) is 0 Å². The summed E-state index contributed by atoms with van der Waals surface area (Å²) >= 11 is 0. The molecule has 1 aliphatic heterocycles. The molecule has 5 nitrogen and oxygen atoms in total. The van der Waals surface area contributed by atoms with Crippen molar-refractivity contribution >= 4 is 30.7 Å². The molecule has 24 heavy (non-hydrogen) atoms. The zero-order valence-corrected chi connectivity index (χ0v) is 15.9. The highest BCUT2D eigenvalue weighted by molar-refractivity contribution is 5.94. The molecule has 2 rings (SSSR count). The summed E-state index contributed by atoms with van der Waals surface area (Å²) in [5.41, 5.74) is 1.92. The lowest BCUT2D eigenvalue weighted by Gasteiger charge is -2.26. The molecule has 1 aromatic rings. The quantitative estimate of drug-likeness (QED) is 0.681. The van der Waals surface area contributed by atoms with Crippen molar-refractivity contribution in [1.82, 2.24) is 15.5 Å². The van der Waals surface area contributed by atoms with E-state index in [4.69, 9.17) is 4.74 Å². The van der Waals surface area contributed by atoms with E-state index >= 15 is 0 Å². The number of morpholine rings is 1. The van der Waals surface area contributed by atoms with Crippen LogP contribution in [0, 0.1) is 0 Å². The zero-order chi connectivity index (χ0) is 15.6. The van der Waals surface area contributed by atoms with Gasteiger partial charge in [-0.25, -0.2) is 0 Å². The Bertz CT molecular complexity index is 469. The molecule has 0 bridgehead atoms. The molecule has 0 atom stereocenters. The van der Waals surface area contributed by atoms with E-state index in [1.165, 1.54) is 5.56 Å². The number of rotatable bonds is 8. The van der Waals surface area contributed by atoms with E-state index in [0.717, 1.165) is 57.9 Å². The van der Waals surface area contributed by atoms with Crippen LogP contribution in [-0.4, -0.2) is 56.7 Å². The largest absolute Gasteiger partial charge is 0.379 e. The van der Waals surface area contributed by atoms with Crippen LogP contribution in [0.3, 0.4) is 0 Å². The minimum atomic E-state index is 0. The summed E-state index contributed by atoms with van der Waals surface area (Å²) in [4.78, 5) is 14.5. The van der Waals surface area contributed by atoms with Gasteiger partial charge in [0.25, 0.3) is 5.91 Å². The first-order chi connectivity index (χ1) is 10.8. The van der Waals surface area contributed by atoms with Gasteiger partial charge < -0.3 is 15.4 Å². The Morgan fingerprint density at radius 2 is 1.92 bits per heavy atom. The fourth-order valence-corrected chi connectivity index (χ4v) is 2.50. The van der Waals surface area contributed by atoms with Crippen LogP contribution < -0.4 is 10.6 Å². The summed E-state index contributed by atoms with van der Waals surface area (Å²) in [5.74, 6) is 0.00197. The molecule has 1 aromatic carbocycles. The van der Waals surface area contributed by atoms with Crippen LogP contribution in [0.25, 0.3) is 0 Å². The highest BCUT2D eigenvalue weighted by atomic mass is 35.5. The smallest absolute Gasteiger partial charge is 0.251 e. The molecule has 0 unspecified atom stereocenters. The Hall–Kier alpha value is -0.850. The Kier molecular flexibility index (Phi) is 13.0. The summed E-state index contributed by atoms with van der Waals surface area (Å²) in [7, 11) is 0. The van der Waals surface area contributed by atoms with Gasteiger partial charge in [0.15, 0.2) is 0 Å². The van der Waals surface area contributed by atoms with E-state index in [0.29, 0.717) is 6.54 Å². The predicted octanol–water partition coefficient (Wildman–Crippen LogP) is 2.09. The Labute approximate surface area is 157 Å². The minimum Gasteiger partial charge on any atom is -0.379 e. The Morgan fingerprint density at radius 3 is 2.62 bits per heavy atom. The molecule has 0 saturated carbocycles. The number of carbonyl (C=O) groups excluding carboxylic acids is 1. The van der Waals surface area contributed by atoms with Crippen molar-refractivity contribution in [3.05, 3.63) is 35.4 Å². The van der Waals surface area contributed by atoms with Crippen LogP contribution in [0.1, 0.15) is 29.3 Å². The van der Waals surface area contributed by atoms with E-state index in [2.05, 4.69) is 28.5 Å². The van der Waals surface area contributed by atoms with Gasteiger partial charge in [-0.1, -0.05) is 19.1 Å². The number of nitrogens with zero attached hydrogens (tertiary/aromatic N) is 1. The van der Waals surface area contributed by atoms with Gasteiger partial charge in [0.05, 0.1) is 13.2 Å². The first-order valence-electron chi connectivity index (χ1n) is 8.17. The fraction of sp³-hybridized carbons (Fsp3) is 0.588. The predicted molar refractivity (Wildman–Crippen MR) is 103 cm³/mol. The zero-order valence-electron chi connectivity index (χ0n) is 14.3. The lowest BCUT2D eigenvalue weighted by atomic mass is 10.1. The molecule has 7 heteroatoms. The van der Waals surface area contributed by atoms with Crippen molar-refractivity contribution in [2.75, 3.05) is 45.9 Å². The van der Waals surface area contributed by atoms with Gasteiger partial charge in [-0.15, -0.1) is 24.8 Å². The van der Waals surface area contributed by atoms with E-state index in [1.807, 2.05) is 18.2 Å². The first-order valence-corrected chi connectivity index (χ1v) is 8.17. The maximum absolute atomic E-state index is 12.1. The van der Waals surface area contributed by atoms with Crippen molar-refractivity contribution < 1.29 is 9.53 Å². The van der Waals surface area contributed by atoms with E-state index in [1.54, 1.807) is 0 Å². The first kappa shape index (κ1) is 23.1. The normalized spacial score (nSPS) is 14.4. The van der Waals surface area contributed by atoms with Gasteiger partial charge in [-0.2, -0.15) is 0 Å². The lowest BCUT2D eigenvalue weighted by molar-refractivity contribution is 0.0342. The summed E-state index contributed by atoms with van der Waals surface area (Å²) in [6, 6.07) is 7.90.